The van der Waals surface area contributed by atoms with E-state index in [2.05, 4.69) is 133 Å². The molecule has 2 aromatic carbocycles. The fourth-order valence-corrected chi connectivity index (χ4v) is 59.3. The van der Waals surface area contributed by atoms with Crippen molar-refractivity contribution in [2.45, 2.75) is 106 Å². The van der Waals surface area contributed by atoms with E-state index in [0.717, 1.165) is 0 Å². The Morgan fingerprint density at radius 3 is 1.43 bits per heavy atom. The van der Waals surface area contributed by atoms with Crippen LogP contribution in [0, 0.1) is 0 Å². The lowest BCUT2D eigenvalue weighted by atomic mass is 10.0. The summed E-state index contributed by atoms with van der Waals surface area (Å²) in [5.74, 6) is 0. The number of hydrogen-bond donors (Lipinski definition) is 0. The third-order valence-electron chi connectivity index (χ3n) is 10.2. The fourth-order valence-electron chi connectivity index (χ4n) is 9.84. The summed E-state index contributed by atoms with van der Waals surface area (Å²) in [5, 5.41) is 1.71. The van der Waals surface area contributed by atoms with Crippen LogP contribution < -0.4 is 5.19 Å². The van der Waals surface area contributed by atoms with Gasteiger partial charge in [0, 0.05) is 32.3 Å². The van der Waals surface area contributed by atoms with Crippen LogP contribution in [-0.4, -0.2) is 40.6 Å². The van der Waals surface area contributed by atoms with Crippen LogP contribution in [0.1, 0.15) is 30.1 Å². The van der Waals surface area contributed by atoms with Gasteiger partial charge in [-0.3, -0.25) is 0 Å². The molecule has 0 aliphatic carbocycles. The molecule has 0 amide bonds. The van der Waals surface area contributed by atoms with Crippen LogP contribution in [0.15, 0.2) is 54.6 Å². The van der Waals surface area contributed by atoms with Crippen molar-refractivity contribution in [2.75, 3.05) is 0 Å². The molecule has 192 valence electrons. The lowest BCUT2D eigenvalue weighted by molar-refractivity contribution is 0.246. The molecule has 0 radical (unpaired) electrons. The maximum absolute atomic E-state index is 8.18. The molecular weight excluding hydrogens is 505 g/mol. The fraction of sp³-hybridized carbons (Fsp3) is 0.586. The van der Waals surface area contributed by atoms with Gasteiger partial charge in [-0.25, -0.2) is 0 Å². The van der Waals surface area contributed by atoms with Crippen LogP contribution >= 0.6 is 0 Å². The summed E-state index contributed by atoms with van der Waals surface area (Å²) in [6.07, 6.45) is 2.92. The Hall–Kier alpha value is -0.516. The van der Waals surface area contributed by atoms with Crippen molar-refractivity contribution in [3.05, 3.63) is 65.7 Å². The molecule has 0 unspecified atom stereocenters. The minimum absolute atomic E-state index is 0.0938. The van der Waals surface area contributed by atoms with E-state index in [1.807, 2.05) is 0 Å². The summed E-state index contributed by atoms with van der Waals surface area (Å²) in [6.45, 7) is 32.6. The summed E-state index contributed by atoms with van der Waals surface area (Å²) in [7, 11) is -9.09. The molecule has 0 saturated carbocycles. The molecule has 1 atom stereocenters. The zero-order valence-corrected chi connectivity index (χ0v) is 29.6. The lowest BCUT2D eigenvalue weighted by Gasteiger charge is -2.65. The molecule has 2 aliphatic heterocycles. The van der Waals surface area contributed by atoms with E-state index < -0.39 is 40.6 Å². The first-order valence-electron chi connectivity index (χ1n) is 13.7. The highest BCUT2D eigenvalue weighted by Crippen LogP contribution is 2.77. The SMILES string of the molecule is C[Si](C)(C)C1([Si](C)(C)C)CCC([Si](C)(C)C)([Si](C)(C)C)[Si]12O[C@@H](c1ccccc1)c1ccccc12. The molecule has 1 nitrogen and oxygen atoms in total. The number of benzene rings is 2. The lowest BCUT2D eigenvalue weighted by Crippen LogP contribution is -2.80. The first-order valence-corrected chi connectivity index (χ1v) is 29.6. The molecular formula is C29H50OSi5. The average Bonchev–Trinajstić information content (AvgIpc) is 3.23. The van der Waals surface area contributed by atoms with Gasteiger partial charge in [-0.15, -0.1) is 0 Å². The van der Waals surface area contributed by atoms with Crippen LogP contribution in [-0.2, 0) is 4.43 Å². The van der Waals surface area contributed by atoms with Gasteiger partial charge < -0.3 is 4.43 Å². The second kappa shape index (κ2) is 8.24. The molecule has 1 fully saturated rings. The maximum atomic E-state index is 8.18. The third kappa shape index (κ3) is 3.42. The maximum Gasteiger partial charge on any atom is 0.227 e. The van der Waals surface area contributed by atoms with E-state index in [4.69, 9.17) is 4.43 Å². The molecule has 1 spiro atoms. The summed E-state index contributed by atoms with van der Waals surface area (Å²) >= 11 is 0. The highest BCUT2D eigenvalue weighted by molar-refractivity contribution is 7.29. The number of rotatable bonds is 5. The molecule has 0 bridgehead atoms. The second-order valence-corrected chi connectivity index (χ2v) is 43.7. The van der Waals surface area contributed by atoms with Crippen LogP contribution in [0.2, 0.25) is 87.1 Å². The van der Waals surface area contributed by atoms with E-state index in [-0.39, 0.29) is 6.10 Å². The van der Waals surface area contributed by atoms with E-state index in [1.165, 1.54) is 24.0 Å². The number of fused-ring (bicyclic) bond motifs is 2. The zero-order chi connectivity index (χ0) is 26.3. The third-order valence-corrected chi connectivity index (χ3v) is 48.4. The van der Waals surface area contributed by atoms with Gasteiger partial charge >= 0.3 is 0 Å². The van der Waals surface area contributed by atoms with E-state index in [9.17, 15) is 0 Å². The molecule has 0 aromatic heterocycles. The van der Waals surface area contributed by atoms with Crippen molar-refractivity contribution in [1.82, 2.24) is 0 Å². The minimum atomic E-state index is -2.49. The van der Waals surface area contributed by atoms with Gasteiger partial charge in [0.15, 0.2) is 0 Å². The van der Waals surface area contributed by atoms with Crippen LogP contribution in [0.25, 0.3) is 0 Å². The number of hydrogen-bond acceptors (Lipinski definition) is 1. The molecule has 35 heavy (non-hydrogen) atoms. The Morgan fingerprint density at radius 1 is 0.600 bits per heavy atom. The Balaban J connectivity index is 2.23. The molecule has 6 heteroatoms. The molecule has 2 aliphatic rings. The van der Waals surface area contributed by atoms with Gasteiger partial charge in [-0.05, 0) is 24.9 Å². The topological polar surface area (TPSA) is 9.23 Å². The predicted octanol–water partition coefficient (Wildman–Crippen LogP) is 8.74. The smallest absolute Gasteiger partial charge is 0.227 e. The van der Waals surface area contributed by atoms with Crippen LogP contribution in [0.4, 0.5) is 0 Å². The molecule has 2 aromatic rings. The molecule has 0 N–H and O–H groups in total. The average molecular weight is 555 g/mol. The highest BCUT2D eigenvalue weighted by Gasteiger charge is 2.84. The Morgan fingerprint density at radius 2 is 1.00 bits per heavy atom. The molecule has 1 saturated heterocycles. The van der Waals surface area contributed by atoms with Gasteiger partial charge in [0.25, 0.3) is 0 Å². The summed E-state index contributed by atoms with van der Waals surface area (Å²) in [6, 6.07) is 20.8. The van der Waals surface area contributed by atoms with Crippen LogP contribution in [0.5, 0.6) is 0 Å². The van der Waals surface area contributed by atoms with Gasteiger partial charge in [0.05, 0.1) is 6.10 Å². The summed E-state index contributed by atoms with van der Waals surface area (Å²) in [5.41, 5.74) is 2.87. The van der Waals surface area contributed by atoms with Gasteiger partial charge in [0.2, 0.25) is 8.32 Å². The quantitative estimate of drug-likeness (QED) is 0.336. The van der Waals surface area contributed by atoms with E-state index in [0.29, 0.717) is 8.57 Å². The Labute approximate surface area is 221 Å². The van der Waals surface area contributed by atoms with Crippen molar-refractivity contribution in [2.24, 2.45) is 0 Å². The Bertz CT molecular complexity index is 1020. The summed E-state index contributed by atoms with van der Waals surface area (Å²) in [4.78, 5) is 0. The second-order valence-electron chi connectivity index (χ2n) is 15.5. The molecule has 4 rings (SSSR count). The van der Waals surface area contributed by atoms with Crippen LogP contribution in [0.3, 0.4) is 0 Å². The van der Waals surface area contributed by atoms with E-state index >= 15 is 0 Å². The standard InChI is InChI=1S/C29H50OSi5/c1-31(2,3)28(32(4,5)6)22-23-29(33(7,8)9,34(10,11)12)35(28)26-21-17-16-20-25(26)27(30-35)24-18-14-13-15-19-24/h13-21,27H,22-23H2,1-12H3/t27-/m0/s1. The van der Waals surface area contributed by atoms with Crippen molar-refractivity contribution in [1.29, 1.82) is 0 Å². The first kappa shape index (κ1) is 27.5. The zero-order valence-electron chi connectivity index (χ0n) is 24.6. The first-order chi connectivity index (χ1) is 15.9. The van der Waals surface area contributed by atoms with Crippen molar-refractivity contribution < 1.29 is 4.43 Å². The summed E-state index contributed by atoms with van der Waals surface area (Å²) < 4.78 is 9.00. The molecule has 2 heterocycles. The predicted molar refractivity (Wildman–Crippen MR) is 169 cm³/mol. The van der Waals surface area contributed by atoms with Gasteiger partial charge in [-0.1, -0.05) is 146 Å². The normalized spacial score (nSPS) is 23.5. The van der Waals surface area contributed by atoms with E-state index in [1.54, 1.807) is 5.19 Å². The van der Waals surface area contributed by atoms with Gasteiger partial charge in [0.1, 0.15) is 0 Å². The van der Waals surface area contributed by atoms with Gasteiger partial charge in [-0.2, -0.15) is 0 Å². The van der Waals surface area contributed by atoms with Crippen molar-refractivity contribution >= 4 is 45.8 Å². The van der Waals surface area contributed by atoms with Crippen molar-refractivity contribution in [3.63, 3.8) is 0 Å². The highest BCUT2D eigenvalue weighted by atomic mass is 28.5. The monoisotopic (exact) mass is 554 g/mol. The largest absolute Gasteiger partial charge is 0.401 e. The minimum Gasteiger partial charge on any atom is -0.401 e. The Kier molecular flexibility index (Phi) is 6.48. The van der Waals surface area contributed by atoms with Crippen molar-refractivity contribution in [3.8, 4) is 0 Å².